The molecule has 1 aliphatic rings. The van der Waals surface area contributed by atoms with Gasteiger partial charge in [0.25, 0.3) is 0 Å². The number of esters is 1. The maximum atomic E-state index is 12.3. The van der Waals surface area contributed by atoms with Crippen LogP contribution in [0.15, 0.2) is 55.1 Å². The van der Waals surface area contributed by atoms with Gasteiger partial charge in [-0.3, -0.25) is 4.79 Å². The summed E-state index contributed by atoms with van der Waals surface area (Å²) in [4.78, 5) is 24.3. The lowest BCUT2D eigenvalue weighted by molar-refractivity contribution is -0.136. The average molecular weight is 410 g/mol. The van der Waals surface area contributed by atoms with E-state index in [4.69, 9.17) is 23.7 Å². The highest BCUT2D eigenvalue weighted by molar-refractivity contribution is 5.99. The van der Waals surface area contributed by atoms with E-state index >= 15 is 0 Å². The van der Waals surface area contributed by atoms with Gasteiger partial charge in [-0.2, -0.15) is 0 Å². The van der Waals surface area contributed by atoms with Crippen LogP contribution in [0.2, 0.25) is 0 Å². The Morgan fingerprint density at radius 1 is 1.07 bits per heavy atom. The summed E-state index contributed by atoms with van der Waals surface area (Å²) in [5.41, 5.74) is 1.10. The topological polar surface area (TPSA) is 80.3 Å². The highest BCUT2D eigenvalue weighted by atomic mass is 16.6. The molecule has 0 unspecified atom stereocenters. The Morgan fingerprint density at radius 2 is 1.87 bits per heavy atom. The number of carbonyl (C=O) groups excluding carboxylic acids is 2. The predicted molar refractivity (Wildman–Crippen MR) is 110 cm³/mol. The van der Waals surface area contributed by atoms with Crippen molar-refractivity contribution in [3.63, 3.8) is 0 Å². The molecule has 0 fully saturated rings. The molecule has 0 saturated heterocycles. The number of hydrogen-bond donors (Lipinski definition) is 0. The molecule has 3 rings (SSSR count). The Balaban J connectivity index is 1.55. The maximum absolute atomic E-state index is 12.3. The fourth-order valence-electron chi connectivity index (χ4n) is 2.70. The first-order chi connectivity index (χ1) is 14.6. The van der Waals surface area contributed by atoms with Gasteiger partial charge in [-0.25, -0.2) is 4.79 Å². The number of benzene rings is 2. The van der Waals surface area contributed by atoms with Crippen LogP contribution in [0.25, 0.3) is 6.08 Å². The van der Waals surface area contributed by atoms with Crippen LogP contribution in [-0.2, 0) is 9.53 Å². The molecule has 2 aromatic rings. The van der Waals surface area contributed by atoms with Gasteiger partial charge in [0.05, 0.1) is 7.11 Å². The lowest BCUT2D eigenvalue weighted by Crippen LogP contribution is -2.17. The molecule has 0 aromatic heterocycles. The second-order valence-electron chi connectivity index (χ2n) is 6.23. The summed E-state index contributed by atoms with van der Waals surface area (Å²) >= 11 is 0. The molecule has 1 heterocycles. The molecule has 7 nitrogen and oxygen atoms in total. The van der Waals surface area contributed by atoms with E-state index in [1.165, 1.54) is 13.2 Å². The first-order valence-corrected chi connectivity index (χ1v) is 9.30. The molecule has 156 valence electrons. The van der Waals surface area contributed by atoms with Gasteiger partial charge < -0.3 is 23.7 Å². The van der Waals surface area contributed by atoms with Crippen LogP contribution in [0, 0.1) is 0 Å². The van der Waals surface area contributed by atoms with Crippen LogP contribution < -0.4 is 18.9 Å². The Kier molecular flexibility index (Phi) is 7.10. The van der Waals surface area contributed by atoms with Gasteiger partial charge in [0, 0.05) is 11.6 Å². The molecule has 0 amide bonds. The van der Waals surface area contributed by atoms with E-state index in [1.54, 1.807) is 48.6 Å². The SMILES string of the molecule is C=CCOc1ccc(/C=C/C(=O)OCC(=O)c2ccc3c(c2)OCCO3)cc1OC. The number of hydrogen-bond acceptors (Lipinski definition) is 7. The van der Waals surface area contributed by atoms with Crippen molar-refractivity contribution >= 4 is 17.8 Å². The Hall–Kier alpha value is -3.74. The minimum atomic E-state index is -0.633. The first kappa shape index (κ1) is 21.0. The lowest BCUT2D eigenvalue weighted by atomic mass is 10.1. The van der Waals surface area contributed by atoms with E-state index in [0.29, 0.717) is 53.9 Å². The number of rotatable bonds is 9. The Bertz CT molecular complexity index is 962. The van der Waals surface area contributed by atoms with Crippen molar-refractivity contribution in [3.8, 4) is 23.0 Å². The van der Waals surface area contributed by atoms with Crippen molar-refractivity contribution in [1.82, 2.24) is 0 Å². The molecule has 0 saturated carbocycles. The van der Waals surface area contributed by atoms with Crippen molar-refractivity contribution in [2.24, 2.45) is 0 Å². The second kappa shape index (κ2) is 10.2. The largest absolute Gasteiger partial charge is 0.493 e. The summed E-state index contributed by atoms with van der Waals surface area (Å²) in [6, 6.07) is 10.1. The van der Waals surface area contributed by atoms with Gasteiger partial charge in [-0.15, -0.1) is 0 Å². The molecule has 0 N–H and O–H groups in total. The number of ketones is 1. The molecule has 0 radical (unpaired) electrons. The van der Waals surface area contributed by atoms with Crippen molar-refractivity contribution in [2.75, 3.05) is 33.5 Å². The monoisotopic (exact) mass is 410 g/mol. The van der Waals surface area contributed by atoms with Gasteiger partial charge in [-0.05, 0) is 42.0 Å². The molecule has 30 heavy (non-hydrogen) atoms. The number of carbonyl (C=O) groups is 2. The number of ether oxygens (including phenoxy) is 5. The highest BCUT2D eigenvalue weighted by Crippen LogP contribution is 2.31. The van der Waals surface area contributed by atoms with Gasteiger partial charge in [0.1, 0.15) is 19.8 Å². The summed E-state index contributed by atoms with van der Waals surface area (Å²) in [7, 11) is 1.53. The minimum absolute atomic E-state index is 0.334. The minimum Gasteiger partial charge on any atom is -0.493 e. The van der Waals surface area contributed by atoms with Gasteiger partial charge in [0.15, 0.2) is 35.4 Å². The van der Waals surface area contributed by atoms with Crippen molar-refractivity contribution in [2.45, 2.75) is 0 Å². The summed E-state index contributed by atoms with van der Waals surface area (Å²) in [6.45, 7) is 4.48. The zero-order valence-electron chi connectivity index (χ0n) is 16.6. The van der Waals surface area contributed by atoms with Gasteiger partial charge >= 0.3 is 5.97 Å². The standard InChI is InChI=1S/C23H22O7/c1-3-10-27-19-7-4-16(13-21(19)26-2)5-9-23(25)30-15-18(24)17-6-8-20-22(14-17)29-12-11-28-20/h3-9,13-14H,1,10-12,15H2,2H3/b9-5+. The summed E-state index contributed by atoms with van der Waals surface area (Å²) in [6.07, 6.45) is 4.45. The summed E-state index contributed by atoms with van der Waals surface area (Å²) in [5.74, 6) is 1.23. The molecule has 7 heteroatoms. The number of Topliss-reactive ketones (excluding diaryl/α,β-unsaturated/α-hetero) is 1. The number of methoxy groups -OCH3 is 1. The molecule has 0 spiro atoms. The van der Waals surface area contributed by atoms with Crippen molar-refractivity contribution in [3.05, 3.63) is 66.3 Å². The quantitative estimate of drug-likeness (QED) is 0.271. The summed E-state index contributed by atoms with van der Waals surface area (Å²) in [5, 5.41) is 0. The van der Waals surface area contributed by atoms with Crippen molar-refractivity contribution < 1.29 is 33.3 Å². The first-order valence-electron chi connectivity index (χ1n) is 9.30. The molecule has 0 aliphatic carbocycles. The van der Waals surface area contributed by atoms with E-state index in [2.05, 4.69) is 6.58 Å². The maximum Gasteiger partial charge on any atom is 0.331 e. The zero-order chi connectivity index (χ0) is 21.3. The lowest BCUT2D eigenvalue weighted by Gasteiger charge is -2.18. The molecule has 0 atom stereocenters. The third-order valence-corrected chi connectivity index (χ3v) is 4.17. The normalized spacial score (nSPS) is 12.3. The fraction of sp³-hybridized carbons (Fsp3) is 0.217. The average Bonchev–Trinajstić information content (AvgIpc) is 2.79. The van der Waals surface area contributed by atoms with E-state index in [-0.39, 0.29) is 12.4 Å². The predicted octanol–water partition coefficient (Wildman–Crippen LogP) is 3.47. The Morgan fingerprint density at radius 3 is 2.63 bits per heavy atom. The molecule has 1 aliphatic heterocycles. The Labute approximate surface area is 174 Å². The smallest absolute Gasteiger partial charge is 0.331 e. The third-order valence-electron chi connectivity index (χ3n) is 4.17. The van der Waals surface area contributed by atoms with E-state index < -0.39 is 5.97 Å². The van der Waals surface area contributed by atoms with E-state index in [9.17, 15) is 9.59 Å². The number of fused-ring (bicyclic) bond motifs is 1. The highest BCUT2D eigenvalue weighted by Gasteiger charge is 2.15. The fourth-order valence-corrected chi connectivity index (χ4v) is 2.70. The molecular formula is C23H22O7. The molecule has 2 aromatic carbocycles. The zero-order valence-corrected chi connectivity index (χ0v) is 16.6. The van der Waals surface area contributed by atoms with E-state index in [0.717, 1.165) is 0 Å². The van der Waals surface area contributed by atoms with Crippen LogP contribution in [0.5, 0.6) is 23.0 Å². The van der Waals surface area contributed by atoms with Gasteiger partial charge in [-0.1, -0.05) is 18.7 Å². The van der Waals surface area contributed by atoms with Crippen molar-refractivity contribution in [1.29, 1.82) is 0 Å². The van der Waals surface area contributed by atoms with Crippen LogP contribution in [0.3, 0.4) is 0 Å². The van der Waals surface area contributed by atoms with Crippen LogP contribution in [-0.4, -0.2) is 45.3 Å². The molecular weight excluding hydrogens is 388 g/mol. The molecule has 0 bridgehead atoms. The van der Waals surface area contributed by atoms with Crippen LogP contribution in [0.1, 0.15) is 15.9 Å². The second-order valence-corrected chi connectivity index (χ2v) is 6.23. The van der Waals surface area contributed by atoms with Crippen LogP contribution in [0.4, 0.5) is 0 Å². The third kappa shape index (κ3) is 5.41. The van der Waals surface area contributed by atoms with E-state index in [1.807, 2.05) is 0 Å². The van der Waals surface area contributed by atoms with Gasteiger partial charge in [0.2, 0.25) is 0 Å². The van der Waals surface area contributed by atoms with Crippen LogP contribution >= 0.6 is 0 Å². The summed E-state index contributed by atoms with van der Waals surface area (Å²) < 4.78 is 26.7.